The monoisotopic (exact) mass is 538 g/mol. The van der Waals surface area contributed by atoms with Gasteiger partial charge in [-0.25, -0.2) is 0 Å². The number of hydrogen-bond acceptors (Lipinski definition) is 8. The minimum Gasteiger partial charge on any atom is -0.392 e. The molecule has 0 aromatic rings. The molecule has 8 nitrogen and oxygen atoms in total. The van der Waals surface area contributed by atoms with Gasteiger partial charge in [-0.05, 0) is 72.0 Å². The predicted octanol–water partition coefficient (Wildman–Crippen LogP) is 1.13. The van der Waals surface area contributed by atoms with Crippen molar-refractivity contribution >= 4 is 12.6 Å². The minimum atomic E-state index is -1.26. The summed E-state index contributed by atoms with van der Waals surface area (Å²) in [7, 11) is 0. The second-order valence-corrected chi connectivity index (χ2v) is 14.1. The van der Waals surface area contributed by atoms with Crippen molar-refractivity contribution in [3.8, 4) is 0 Å². The summed E-state index contributed by atoms with van der Waals surface area (Å²) < 4.78 is 0. The van der Waals surface area contributed by atoms with Crippen LogP contribution in [0.5, 0.6) is 0 Å². The third-order valence-corrected chi connectivity index (χ3v) is 11.6. The van der Waals surface area contributed by atoms with Gasteiger partial charge < -0.3 is 40.2 Å². The third-order valence-electron chi connectivity index (χ3n) is 11.6. The van der Waals surface area contributed by atoms with Gasteiger partial charge in [-0.3, -0.25) is 0 Å². The van der Waals surface area contributed by atoms with Crippen molar-refractivity contribution in [2.24, 2.45) is 82.9 Å². The highest BCUT2D eigenvalue weighted by Crippen LogP contribution is 2.59. The Hall–Kier alpha value is -0.900. The molecular formula is C30H50O8. The molecular weight excluding hydrogens is 488 g/mol. The van der Waals surface area contributed by atoms with Gasteiger partial charge in [-0.15, -0.1) is 0 Å². The number of carbonyl (C=O) groups is 2. The van der Waals surface area contributed by atoms with E-state index in [-0.39, 0.29) is 59.2 Å². The first-order valence-corrected chi connectivity index (χ1v) is 14.8. The van der Waals surface area contributed by atoms with E-state index in [0.717, 1.165) is 0 Å². The van der Waals surface area contributed by atoms with E-state index in [0.29, 0.717) is 25.4 Å². The van der Waals surface area contributed by atoms with Crippen molar-refractivity contribution < 1.29 is 40.2 Å². The fraction of sp³-hybridized carbons (Fsp3) is 0.933. The second-order valence-electron chi connectivity index (χ2n) is 14.1. The van der Waals surface area contributed by atoms with E-state index in [1.54, 1.807) is 0 Å². The van der Waals surface area contributed by atoms with Crippen LogP contribution in [0.15, 0.2) is 0 Å². The van der Waals surface area contributed by atoms with Gasteiger partial charge in [0.05, 0.1) is 36.6 Å². The first kappa shape index (κ1) is 30.1. The van der Waals surface area contributed by atoms with E-state index < -0.39 is 60.3 Å². The third kappa shape index (κ3) is 4.51. The molecule has 4 rings (SSSR count). The normalized spacial score (nSPS) is 55.3. The average molecular weight is 539 g/mol. The van der Waals surface area contributed by atoms with E-state index in [4.69, 9.17) is 0 Å². The Kier molecular flexibility index (Phi) is 8.84. The molecule has 38 heavy (non-hydrogen) atoms. The highest BCUT2D eigenvalue weighted by atomic mass is 16.3. The van der Waals surface area contributed by atoms with Gasteiger partial charge in [-0.2, -0.15) is 0 Å². The minimum absolute atomic E-state index is 0.0319. The maximum Gasteiger partial charge on any atom is 0.126 e. The molecule has 6 N–H and O–H groups in total. The SMILES string of the molecule is CC(C)C1C(O)C(O)C(C=O)C2C(O)C(C3C(C)CC4C(C(C)C)C(O)C(O)C(C=O)C4C3O)C(C)CC12. The molecule has 4 fully saturated rings. The van der Waals surface area contributed by atoms with Crippen LogP contribution in [0.3, 0.4) is 0 Å². The smallest absolute Gasteiger partial charge is 0.126 e. The van der Waals surface area contributed by atoms with Crippen molar-refractivity contribution in [3.63, 3.8) is 0 Å². The number of aliphatic hydroxyl groups excluding tert-OH is 6. The van der Waals surface area contributed by atoms with Crippen LogP contribution in [0.2, 0.25) is 0 Å². The highest BCUT2D eigenvalue weighted by molar-refractivity contribution is 5.57. The first-order valence-electron chi connectivity index (χ1n) is 14.8. The van der Waals surface area contributed by atoms with E-state index >= 15 is 0 Å². The number of aliphatic hydroxyl groups is 6. The van der Waals surface area contributed by atoms with Crippen LogP contribution in [0.25, 0.3) is 0 Å². The molecule has 0 saturated heterocycles. The van der Waals surface area contributed by atoms with Crippen LogP contribution < -0.4 is 0 Å². The zero-order chi connectivity index (χ0) is 28.4. The molecule has 0 aromatic heterocycles. The summed E-state index contributed by atoms with van der Waals surface area (Å²) >= 11 is 0. The van der Waals surface area contributed by atoms with Gasteiger partial charge in [-0.1, -0.05) is 41.5 Å². The molecule has 4 aliphatic carbocycles. The molecule has 0 aromatic carbocycles. The number of rotatable bonds is 5. The first-order chi connectivity index (χ1) is 17.8. The number of carbonyl (C=O) groups excluding carboxylic acids is 2. The highest BCUT2D eigenvalue weighted by Gasteiger charge is 2.62. The molecule has 0 aliphatic heterocycles. The maximum atomic E-state index is 12.2. The zero-order valence-electron chi connectivity index (χ0n) is 23.6. The largest absolute Gasteiger partial charge is 0.392 e. The molecule has 0 spiro atoms. The number of fused-ring (bicyclic) bond motifs is 2. The predicted molar refractivity (Wildman–Crippen MR) is 140 cm³/mol. The maximum absolute atomic E-state index is 12.2. The number of hydrogen-bond donors (Lipinski definition) is 6. The van der Waals surface area contributed by atoms with E-state index in [2.05, 4.69) is 0 Å². The van der Waals surface area contributed by atoms with Crippen LogP contribution in [-0.4, -0.2) is 79.8 Å². The molecule has 18 unspecified atom stereocenters. The molecule has 8 heteroatoms. The zero-order valence-corrected chi connectivity index (χ0v) is 23.6. The molecule has 4 aliphatic rings. The fourth-order valence-electron chi connectivity index (χ4n) is 10.2. The summed E-state index contributed by atoms with van der Waals surface area (Å²) in [5.41, 5.74) is 0. The molecule has 0 radical (unpaired) electrons. The Morgan fingerprint density at radius 3 is 1.11 bits per heavy atom. The average Bonchev–Trinajstić information content (AvgIpc) is 2.83. The van der Waals surface area contributed by atoms with E-state index in [9.17, 15) is 40.2 Å². The molecule has 18 atom stereocenters. The summed E-state index contributed by atoms with van der Waals surface area (Å²) in [5.74, 6) is -4.43. The van der Waals surface area contributed by atoms with Gasteiger partial charge >= 0.3 is 0 Å². The van der Waals surface area contributed by atoms with Crippen molar-refractivity contribution in [3.05, 3.63) is 0 Å². The summed E-state index contributed by atoms with van der Waals surface area (Å²) in [6, 6.07) is 0. The van der Waals surface area contributed by atoms with Crippen molar-refractivity contribution in [2.45, 2.75) is 91.0 Å². The fourth-order valence-corrected chi connectivity index (χ4v) is 10.2. The van der Waals surface area contributed by atoms with Crippen molar-refractivity contribution in [1.82, 2.24) is 0 Å². The Morgan fingerprint density at radius 1 is 0.526 bits per heavy atom. The summed E-state index contributed by atoms with van der Waals surface area (Å²) in [4.78, 5) is 24.4. The molecule has 4 saturated carbocycles. The van der Waals surface area contributed by atoms with Crippen molar-refractivity contribution in [1.29, 1.82) is 0 Å². The van der Waals surface area contributed by atoms with Gasteiger partial charge in [0.25, 0.3) is 0 Å². The lowest BCUT2D eigenvalue weighted by atomic mass is 9.46. The summed E-state index contributed by atoms with van der Waals surface area (Å²) in [5, 5.41) is 67.6. The van der Waals surface area contributed by atoms with E-state index in [1.165, 1.54) is 0 Å². The van der Waals surface area contributed by atoms with Crippen LogP contribution in [0.4, 0.5) is 0 Å². The number of aldehydes is 2. The second kappa shape index (κ2) is 11.2. The topological polar surface area (TPSA) is 156 Å². The van der Waals surface area contributed by atoms with Gasteiger partial charge in [0.1, 0.15) is 12.6 Å². The summed E-state index contributed by atoms with van der Waals surface area (Å²) in [6.07, 6.45) is -3.91. The van der Waals surface area contributed by atoms with Crippen LogP contribution in [0, 0.1) is 82.9 Å². The van der Waals surface area contributed by atoms with Crippen molar-refractivity contribution in [2.75, 3.05) is 0 Å². The summed E-state index contributed by atoms with van der Waals surface area (Å²) in [6.45, 7) is 12.1. The molecule has 0 heterocycles. The van der Waals surface area contributed by atoms with Crippen LogP contribution in [-0.2, 0) is 9.59 Å². The van der Waals surface area contributed by atoms with E-state index in [1.807, 2.05) is 41.5 Å². The van der Waals surface area contributed by atoms with Gasteiger partial charge in [0.15, 0.2) is 0 Å². The Morgan fingerprint density at radius 2 is 0.842 bits per heavy atom. The van der Waals surface area contributed by atoms with Crippen LogP contribution >= 0.6 is 0 Å². The van der Waals surface area contributed by atoms with Gasteiger partial charge in [0.2, 0.25) is 0 Å². The lowest BCUT2D eigenvalue weighted by Gasteiger charge is -2.61. The lowest BCUT2D eigenvalue weighted by Crippen LogP contribution is -2.66. The molecule has 218 valence electrons. The molecule has 0 bridgehead atoms. The van der Waals surface area contributed by atoms with Gasteiger partial charge in [0, 0.05) is 23.7 Å². The standard InChI is InChI=1S/C30H50O8/c1-11(2)19-15-7-13(5)21(27(35)23(15)17(9-31)25(33)29(19)37)22-14(6)8-16-20(12(3)4)30(38)26(34)18(10-32)24(16)28(22)36/h9-30,33-38H,7-8H2,1-6H3. The van der Waals surface area contributed by atoms with Crippen LogP contribution in [0.1, 0.15) is 54.4 Å². The Balaban J connectivity index is 1.72. The molecule has 0 amide bonds. The Labute approximate surface area is 226 Å². The lowest BCUT2D eigenvalue weighted by molar-refractivity contribution is -0.225. The quantitative estimate of drug-likeness (QED) is 0.285. The Bertz CT molecular complexity index is 780.